The van der Waals surface area contributed by atoms with E-state index in [1.165, 1.54) is 0 Å². The molecule has 0 bridgehead atoms. The molecule has 17 heavy (non-hydrogen) atoms. The van der Waals surface area contributed by atoms with Crippen LogP contribution in [0.5, 0.6) is 0 Å². The summed E-state index contributed by atoms with van der Waals surface area (Å²) in [5.74, 6) is -0.407. The largest absolute Gasteiger partial charge is 0.369 e. The molecule has 2 rings (SSSR count). The van der Waals surface area contributed by atoms with Gasteiger partial charge in [-0.05, 0) is 29.0 Å². The van der Waals surface area contributed by atoms with Crippen molar-refractivity contribution in [2.75, 3.05) is 0 Å². The molecule has 0 fully saturated rings. The minimum atomic E-state index is -0.467. The van der Waals surface area contributed by atoms with E-state index in [0.717, 1.165) is 5.69 Å². The summed E-state index contributed by atoms with van der Waals surface area (Å²) in [5, 5.41) is 11.4. The molecule has 1 aromatic heterocycles. The number of carbonyl (C=O) groups excluding carboxylic acids is 1. The lowest BCUT2D eigenvalue weighted by Gasteiger charge is -2.10. The monoisotopic (exact) mass is 231 g/mol. The Balaban J connectivity index is 2.45. The molecule has 1 amide bonds. The molecule has 1 heterocycles. The molecular formula is C11H13N5O. The summed E-state index contributed by atoms with van der Waals surface area (Å²) in [6.07, 6.45) is 0.572. The highest BCUT2D eigenvalue weighted by Gasteiger charge is 2.23. The van der Waals surface area contributed by atoms with Gasteiger partial charge in [0.1, 0.15) is 0 Å². The molecule has 6 heteroatoms. The third-order valence-corrected chi connectivity index (χ3v) is 2.56. The van der Waals surface area contributed by atoms with E-state index in [2.05, 4.69) is 15.5 Å². The molecule has 0 saturated heterocycles. The van der Waals surface area contributed by atoms with E-state index in [-0.39, 0.29) is 0 Å². The Morgan fingerprint density at radius 3 is 2.71 bits per heavy atom. The standard InChI is InChI=1S/C11H13N5O/c1-2-9(10(12)17)11-13-14-15-16(11)8-6-4-3-5-7-8/h3-7,9H,2H2,1H3,(H2,12,17). The third kappa shape index (κ3) is 2.15. The fraction of sp³-hybridized carbons (Fsp3) is 0.273. The quantitative estimate of drug-likeness (QED) is 0.836. The van der Waals surface area contributed by atoms with Crippen LogP contribution in [0.2, 0.25) is 0 Å². The second-order valence-corrected chi connectivity index (χ2v) is 3.65. The number of carbonyl (C=O) groups is 1. The minimum Gasteiger partial charge on any atom is -0.369 e. The van der Waals surface area contributed by atoms with Crippen molar-refractivity contribution in [3.63, 3.8) is 0 Å². The first-order valence-corrected chi connectivity index (χ1v) is 5.37. The third-order valence-electron chi connectivity index (χ3n) is 2.56. The highest BCUT2D eigenvalue weighted by molar-refractivity contribution is 5.80. The van der Waals surface area contributed by atoms with Gasteiger partial charge in [-0.25, -0.2) is 0 Å². The number of tetrazole rings is 1. The molecule has 1 atom stereocenters. The molecule has 2 N–H and O–H groups in total. The van der Waals surface area contributed by atoms with Crippen LogP contribution in [0.3, 0.4) is 0 Å². The van der Waals surface area contributed by atoms with Crippen LogP contribution in [0.15, 0.2) is 30.3 Å². The van der Waals surface area contributed by atoms with Gasteiger partial charge in [0.05, 0.1) is 11.6 Å². The number of nitrogens with zero attached hydrogens (tertiary/aromatic N) is 4. The number of hydrogen-bond donors (Lipinski definition) is 1. The van der Waals surface area contributed by atoms with Gasteiger partial charge in [0, 0.05) is 0 Å². The second-order valence-electron chi connectivity index (χ2n) is 3.65. The Hall–Kier alpha value is -2.24. The number of amides is 1. The summed E-state index contributed by atoms with van der Waals surface area (Å²) in [5.41, 5.74) is 6.15. The molecular weight excluding hydrogens is 218 g/mol. The van der Waals surface area contributed by atoms with Crippen molar-refractivity contribution >= 4 is 5.91 Å². The number of nitrogens with two attached hydrogens (primary N) is 1. The molecule has 1 aromatic carbocycles. The zero-order valence-corrected chi connectivity index (χ0v) is 9.45. The Kier molecular flexibility index (Phi) is 3.13. The van der Waals surface area contributed by atoms with Crippen molar-refractivity contribution in [3.8, 4) is 5.69 Å². The van der Waals surface area contributed by atoms with Crippen LogP contribution in [-0.2, 0) is 4.79 Å². The molecule has 88 valence electrons. The van der Waals surface area contributed by atoms with Crippen molar-refractivity contribution in [2.24, 2.45) is 5.73 Å². The van der Waals surface area contributed by atoms with E-state index in [0.29, 0.717) is 12.2 Å². The van der Waals surface area contributed by atoms with E-state index in [4.69, 9.17) is 5.73 Å². The molecule has 0 saturated carbocycles. The Labute approximate surface area is 98.4 Å². The van der Waals surface area contributed by atoms with Gasteiger partial charge in [-0.3, -0.25) is 4.79 Å². The van der Waals surface area contributed by atoms with Gasteiger partial charge >= 0.3 is 0 Å². The minimum absolute atomic E-state index is 0.417. The van der Waals surface area contributed by atoms with E-state index in [1.807, 2.05) is 37.3 Å². The number of para-hydroxylation sites is 1. The van der Waals surface area contributed by atoms with Crippen LogP contribution in [0, 0.1) is 0 Å². The van der Waals surface area contributed by atoms with Gasteiger partial charge in [-0.2, -0.15) is 4.68 Å². The topological polar surface area (TPSA) is 86.7 Å². The maximum atomic E-state index is 11.3. The molecule has 6 nitrogen and oxygen atoms in total. The van der Waals surface area contributed by atoms with E-state index in [1.54, 1.807) is 4.68 Å². The first kappa shape index (κ1) is 11.3. The Bertz CT molecular complexity index is 508. The Morgan fingerprint density at radius 2 is 2.12 bits per heavy atom. The summed E-state index contributed by atoms with van der Waals surface area (Å²) in [4.78, 5) is 11.3. The maximum Gasteiger partial charge on any atom is 0.228 e. The fourth-order valence-electron chi connectivity index (χ4n) is 1.68. The number of hydrogen-bond acceptors (Lipinski definition) is 4. The molecule has 0 aliphatic rings. The zero-order valence-electron chi connectivity index (χ0n) is 9.45. The molecule has 0 radical (unpaired) electrons. The van der Waals surface area contributed by atoms with Crippen molar-refractivity contribution < 1.29 is 4.79 Å². The van der Waals surface area contributed by atoms with Crippen LogP contribution in [0.4, 0.5) is 0 Å². The van der Waals surface area contributed by atoms with Gasteiger partial charge in [-0.1, -0.05) is 25.1 Å². The van der Waals surface area contributed by atoms with E-state index >= 15 is 0 Å². The van der Waals surface area contributed by atoms with E-state index in [9.17, 15) is 4.79 Å². The smallest absolute Gasteiger partial charge is 0.228 e. The van der Waals surface area contributed by atoms with E-state index < -0.39 is 11.8 Å². The molecule has 1 unspecified atom stereocenters. The summed E-state index contributed by atoms with van der Waals surface area (Å²) < 4.78 is 1.54. The van der Waals surface area contributed by atoms with Crippen LogP contribution in [-0.4, -0.2) is 26.1 Å². The second kappa shape index (κ2) is 4.73. The van der Waals surface area contributed by atoms with Crippen LogP contribution >= 0.6 is 0 Å². The summed E-state index contributed by atoms with van der Waals surface area (Å²) >= 11 is 0. The molecule has 0 spiro atoms. The lowest BCUT2D eigenvalue weighted by molar-refractivity contribution is -0.119. The molecule has 0 aliphatic heterocycles. The first-order chi connectivity index (χ1) is 8.24. The first-order valence-electron chi connectivity index (χ1n) is 5.37. The summed E-state index contributed by atoms with van der Waals surface area (Å²) in [6.45, 7) is 1.87. The lowest BCUT2D eigenvalue weighted by Crippen LogP contribution is -2.24. The van der Waals surface area contributed by atoms with Gasteiger partial charge in [0.15, 0.2) is 5.82 Å². The average Bonchev–Trinajstić information content (AvgIpc) is 2.80. The van der Waals surface area contributed by atoms with Gasteiger partial charge in [0.25, 0.3) is 0 Å². The van der Waals surface area contributed by atoms with Crippen molar-refractivity contribution in [3.05, 3.63) is 36.2 Å². The van der Waals surface area contributed by atoms with Crippen molar-refractivity contribution in [1.29, 1.82) is 0 Å². The van der Waals surface area contributed by atoms with Crippen molar-refractivity contribution in [1.82, 2.24) is 20.2 Å². The highest BCUT2D eigenvalue weighted by atomic mass is 16.1. The number of benzene rings is 1. The van der Waals surface area contributed by atoms with Crippen LogP contribution in [0.1, 0.15) is 25.1 Å². The van der Waals surface area contributed by atoms with Crippen LogP contribution in [0.25, 0.3) is 5.69 Å². The number of primary amides is 1. The SMILES string of the molecule is CCC(C(N)=O)c1nnnn1-c1ccccc1. The highest BCUT2D eigenvalue weighted by Crippen LogP contribution is 2.18. The summed E-state index contributed by atoms with van der Waals surface area (Å²) in [7, 11) is 0. The lowest BCUT2D eigenvalue weighted by atomic mass is 10.1. The van der Waals surface area contributed by atoms with Gasteiger partial charge < -0.3 is 5.73 Å². The Morgan fingerprint density at radius 1 is 1.41 bits per heavy atom. The molecule has 0 aliphatic carbocycles. The van der Waals surface area contributed by atoms with Gasteiger partial charge in [-0.15, -0.1) is 5.10 Å². The molecule has 2 aromatic rings. The van der Waals surface area contributed by atoms with Crippen LogP contribution < -0.4 is 5.73 Å². The number of rotatable bonds is 4. The average molecular weight is 231 g/mol. The normalized spacial score (nSPS) is 12.3. The maximum absolute atomic E-state index is 11.3. The van der Waals surface area contributed by atoms with Gasteiger partial charge in [0.2, 0.25) is 5.91 Å². The van der Waals surface area contributed by atoms with Crippen molar-refractivity contribution in [2.45, 2.75) is 19.3 Å². The predicted octanol–water partition coefficient (Wildman–Crippen LogP) is 0.641. The number of aromatic nitrogens is 4. The fourth-order valence-corrected chi connectivity index (χ4v) is 1.68. The summed E-state index contributed by atoms with van der Waals surface area (Å²) in [6, 6.07) is 9.40. The zero-order chi connectivity index (χ0) is 12.3. The predicted molar refractivity (Wildman–Crippen MR) is 61.4 cm³/mol.